The van der Waals surface area contributed by atoms with E-state index in [0.29, 0.717) is 42.0 Å². The maximum Gasteiger partial charge on any atom is 0.317 e. The number of aliphatic carboxylic acids is 1. The number of aromatic nitrogens is 1. The van der Waals surface area contributed by atoms with Gasteiger partial charge in [0.2, 0.25) is 0 Å². The minimum atomic E-state index is -0.800. The van der Waals surface area contributed by atoms with Gasteiger partial charge in [-0.1, -0.05) is 23.2 Å². The van der Waals surface area contributed by atoms with Crippen molar-refractivity contribution in [2.45, 2.75) is 0 Å². The number of carboxylic acid groups (broad SMARTS) is 1. The van der Waals surface area contributed by atoms with Gasteiger partial charge in [0.15, 0.2) is 0 Å². The van der Waals surface area contributed by atoms with Crippen molar-refractivity contribution >= 4 is 35.0 Å². The fourth-order valence-corrected chi connectivity index (χ4v) is 2.45. The van der Waals surface area contributed by atoms with Gasteiger partial charge in [0, 0.05) is 32.4 Å². The van der Waals surface area contributed by atoms with Gasteiger partial charge >= 0.3 is 5.97 Å². The summed E-state index contributed by atoms with van der Waals surface area (Å²) in [6, 6.07) is 1.66. The molecule has 0 bridgehead atoms. The zero-order chi connectivity index (χ0) is 13.1. The van der Waals surface area contributed by atoms with Crippen molar-refractivity contribution in [2.75, 3.05) is 37.6 Å². The van der Waals surface area contributed by atoms with E-state index in [9.17, 15) is 4.79 Å². The molecule has 0 amide bonds. The molecule has 1 aliphatic heterocycles. The van der Waals surface area contributed by atoms with Crippen molar-refractivity contribution in [3.63, 3.8) is 0 Å². The largest absolute Gasteiger partial charge is 0.480 e. The molecule has 0 unspecified atom stereocenters. The molecular formula is C11H13Cl2N3O2. The van der Waals surface area contributed by atoms with Crippen LogP contribution in [0.3, 0.4) is 0 Å². The third-order valence-electron chi connectivity index (χ3n) is 2.82. The van der Waals surface area contributed by atoms with Crippen LogP contribution in [0.15, 0.2) is 12.3 Å². The summed E-state index contributed by atoms with van der Waals surface area (Å²) in [4.78, 5) is 18.8. The average Bonchev–Trinajstić information content (AvgIpc) is 2.30. The van der Waals surface area contributed by atoms with Crippen LogP contribution in [0.5, 0.6) is 0 Å². The fourth-order valence-electron chi connectivity index (χ4n) is 1.95. The highest BCUT2D eigenvalue weighted by Gasteiger charge is 2.21. The molecule has 5 nitrogen and oxygen atoms in total. The molecule has 0 aliphatic carbocycles. The molecule has 2 heterocycles. The van der Waals surface area contributed by atoms with Crippen LogP contribution in [-0.2, 0) is 4.79 Å². The number of hydrogen-bond acceptors (Lipinski definition) is 4. The Morgan fingerprint density at radius 1 is 1.33 bits per heavy atom. The van der Waals surface area contributed by atoms with Crippen molar-refractivity contribution in [1.82, 2.24) is 9.88 Å². The first-order valence-electron chi connectivity index (χ1n) is 5.56. The van der Waals surface area contributed by atoms with Gasteiger partial charge in [-0.15, -0.1) is 0 Å². The van der Waals surface area contributed by atoms with Crippen molar-refractivity contribution < 1.29 is 9.90 Å². The molecule has 7 heteroatoms. The van der Waals surface area contributed by atoms with Gasteiger partial charge < -0.3 is 10.0 Å². The third kappa shape index (κ3) is 3.25. The highest BCUT2D eigenvalue weighted by molar-refractivity contribution is 6.36. The summed E-state index contributed by atoms with van der Waals surface area (Å²) in [6.45, 7) is 2.87. The third-order valence-corrected chi connectivity index (χ3v) is 3.30. The first kappa shape index (κ1) is 13.4. The second kappa shape index (κ2) is 5.73. The number of piperazine rings is 1. The van der Waals surface area contributed by atoms with E-state index in [-0.39, 0.29) is 6.54 Å². The Bertz CT molecular complexity index is 448. The van der Waals surface area contributed by atoms with Gasteiger partial charge in [0.25, 0.3) is 0 Å². The zero-order valence-electron chi connectivity index (χ0n) is 9.64. The van der Waals surface area contributed by atoms with Gasteiger partial charge in [-0.05, 0) is 6.07 Å². The normalized spacial score (nSPS) is 16.9. The standard InChI is InChI=1S/C11H13Cl2N3O2/c12-8-5-9(13)11(14-6-8)16-3-1-15(2-4-16)7-10(17)18/h5-6H,1-4,7H2,(H,17,18). The fraction of sp³-hybridized carbons (Fsp3) is 0.455. The van der Waals surface area contributed by atoms with Crippen LogP contribution in [0, 0.1) is 0 Å². The molecule has 98 valence electrons. The number of anilines is 1. The first-order valence-corrected chi connectivity index (χ1v) is 6.32. The molecule has 1 saturated heterocycles. The molecule has 0 aromatic carbocycles. The maximum absolute atomic E-state index is 10.6. The molecule has 0 saturated carbocycles. The van der Waals surface area contributed by atoms with E-state index in [1.807, 2.05) is 9.80 Å². The quantitative estimate of drug-likeness (QED) is 0.916. The predicted molar refractivity (Wildman–Crippen MR) is 70.5 cm³/mol. The predicted octanol–water partition coefficient (Wildman–Crippen LogP) is 1.59. The summed E-state index contributed by atoms with van der Waals surface area (Å²) in [5.41, 5.74) is 0. The number of carbonyl (C=O) groups is 1. The minimum Gasteiger partial charge on any atom is -0.480 e. The van der Waals surface area contributed by atoms with Gasteiger partial charge in [-0.2, -0.15) is 0 Å². The Morgan fingerprint density at radius 3 is 2.56 bits per heavy atom. The molecule has 18 heavy (non-hydrogen) atoms. The van der Waals surface area contributed by atoms with Crippen molar-refractivity contribution in [3.8, 4) is 0 Å². The van der Waals surface area contributed by atoms with E-state index < -0.39 is 5.97 Å². The molecular weight excluding hydrogens is 277 g/mol. The monoisotopic (exact) mass is 289 g/mol. The van der Waals surface area contributed by atoms with Crippen LogP contribution in [0.25, 0.3) is 0 Å². The summed E-state index contributed by atoms with van der Waals surface area (Å²) in [5, 5.41) is 9.75. The molecule has 1 fully saturated rings. The lowest BCUT2D eigenvalue weighted by Crippen LogP contribution is -2.48. The number of carboxylic acids is 1. The molecule has 0 radical (unpaired) electrons. The molecule has 1 aliphatic rings. The van der Waals surface area contributed by atoms with Crippen molar-refractivity contribution in [3.05, 3.63) is 22.3 Å². The summed E-state index contributed by atoms with van der Waals surface area (Å²) in [6.07, 6.45) is 1.56. The topological polar surface area (TPSA) is 56.7 Å². The van der Waals surface area contributed by atoms with Gasteiger partial charge in [0.05, 0.1) is 16.6 Å². The molecule has 1 aromatic heterocycles. The van der Waals surface area contributed by atoms with E-state index in [4.69, 9.17) is 28.3 Å². The number of pyridine rings is 1. The van der Waals surface area contributed by atoms with E-state index in [1.54, 1.807) is 12.3 Å². The van der Waals surface area contributed by atoms with Crippen LogP contribution in [0.2, 0.25) is 10.0 Å². The summed E-state index contributed by atoms with van der Waals surface area (Å²) in [5.74, 6) is -0.0952. The van der Waals surface area contributed by atoms with E-state index in [0.717, 1.165) is 0 Å². The Kier molecular flexibility index (Phi) is 4.27. The van der Waals surface area contributed by atoms with Crippen LogP contribution in [0.4, 0.5) is 5.82 Å². The number of rotatable bonds is 3. The highest BCUT2D eigenvalue weighted by atomic mass is 35.5. The summed E-state index contributed by atoms with van der Waals surface area (Å²) >= 11 is 11.9. The van der Waals surface area contributed by atoms with E-state index >= 15 is 0 Å². The Balaban J connectivity index is 1.99. The minimum absolute atomic E-state index is 0.0790. The SMILES string of the molecule is O=C(O)CN1CCN(c2ncc(Cl)cc2Cl)CC1. The van der Waals surface area contributed by atoms with Gasteiger partial charge in [-0.25, -0.2) is 4.98 Å². The Hall–Kier alpha value is -1.04. The van der Waals surface area contributed by atoms with Crippen LogP contribution in [-0.4, -0.2) is 53.7 Å². The van der Waals surface area contributed by atoms with Gasteiger partial charge in [0.1, 0.15) is 5.82 Å². The maximum atomic E-state index is 10.6. The number of nitrogens with zero attached hydrogens (tertiary/aromatic N) is 3. The Morgan fingerprint density at radius 2 is 2.00 bits per heavy atom. The lowest BCUT2D eigenvalue weighted by atomic mass is 10.3. The summed E-state index contributed by atoms with van der Waals surface area (Å²) < 4.78 is 0. The highest BCUT2D eigenvalue weighted by Crippen LogP contribution is 2.26. The van der Waals surface area contributed by atoms with Crippen LogP contribution < -0.4 is 4.90 Å². The molecule has 1 aromatic rings. The van der Waals surface area contributed by atoms with Crippen molar-refractivity contribution in [1.29, 1.82) is 0 Å². The van der Waals surface area contributed by atoms with Crippen LogP contribution in [0.1, 0.15) is 0 Å². The lowest BCUT2D eigenvalue weighted by Gasteiger charge is -2.34. The van der Waals surface area contributed by atoms with Crippen LogP contribution >= 0.6 is 23.2 Å². The average molecular weight is 290 g/mol. The van der Waals surface area contributed by atoms with Crippen molar-refractivity contribution in [2.24, 2.45) is 0 Å². The number of hydrogen-bond donors (Lipinski definition) is 1. The second-order valence-corrected chi connectivity index (χ2v) is 4.96. The zero-order valence-corrected chi connectivity index (χ0v) is 11.2. The molecule has 0 spiro atoms. The molecule has 2 rings (SSSR count). The van der Waals surface area contributed by atoms with E-state index in [2.05, 4.69) is 4.98 Å². The lowest BCUT2D eigenvalue weighted by molar-refractivity contribution is -0.138. The van der Waals surface area contributed by atoms with E-state index in [1.165, 1.54) is 0 Å². The molecule has 0 atom stereocenters. The Labute approximate surface area is 115 Å². The first-order chi connectivity index (χ1) is 8.56. The van der Waals surface area contributed by atoms with Gasteiger partial charge in [-0.3, -0.25) is 9.69 Å². The smallest absolute Gasteiger partial charge is 0.317 e. The molecule has 1 N–H and O–H groups in total. The number of halogens is 2. The second-order valence-electron chi connectivity index (χ2n) is 4.12. The summed E-state index contributed by atoms with van der Waals surface area (Å²) in [7, 11) is 0.